The molecule has 0 radical (unpaired) electrons. The number of rotatable bonds is 8. The molecule has 0 spiro atoms. The number of esters is 2. The molecule has 0 aliphatic heterocycles. The van der Waals surface area contributed by atoms with Crippen molar-refractivity contribution in [2.45, 2.75) is 45.7 Å². The predicted molar refractivity (Wildman–Crippen MR) is 81.3 cm³/mol. The van der Waals surface area contributed by atoms with Crippen LogP contribution in [0, 0.1) is 5.92 Å². The van der Waals surface area contributed by atoms with Crippen molar-refractivity contribution in [2.75, 3.05) is 13.7 Å². The highest BCUT2D eigenvalue weighted by atomic mass is 31.2. The van der Waals surface area contributed by atoms with E-state index in [9.17, 15) is 23.9 Å². The molecule has 0 aromatic carbocycles. The van der Waals surface area contributed by atoms with Gasteiger partial charge in [-0.3, -0.25) is 9.36 Å². The Morgan fingerprint density at radius 2 is 1.82 bits per heavy atom. The number of methoxy groups -OCH3 is 1. The Morgan fingerprint density at radius 1 is 1.27 bits per heavy atom. The van der Waals surface area contributed by atoms with Gasteiger partial charge in [0.1, 0.15) is 0 Å². The number of ether oxygens (including phenoxy) is 2. The molecule has 0 amide bonds. The first kappa shape index (κ1) is 20.8. The topological polar surface area (TPSA) is 110 Å². The third kappa shape index (κ3) is 4.18. The highest BCUT2D eigenvalue weighted by Gasteiger charge is 2.58. The Morgan fingerprint density at radius 3 is 2.14 bits per heavy atom. The van der Waals surface area contributed by atoms with E-state index in [1.165, 1.54) is 14.0 Å². The molecule has 0 fully saturated rings. The highest BCUT2D eigenvalue weighted by Crippen LogP contribution is 2.59. The van der Waals surface area contributed by atoms with E-state index in [0.29, 0.717) is 5.57 Å². The van der Waals surface area contributed by atoms with Crippen molar-refractivity contribution >= 4 is 19.5 Å². The van der Waals surface area contributed by atoms with Gasteiger partial charge in [-0.05, 0) is 26.7 Å². The summed E-state index contributed by atoms with van der Waals surface area (Å²) in [6.07, 6.45) is 1.30. The van der Waals surface area contributed by atoms with Crippen LogP contribution < -0.4 is 0 Å². The van der Waals surface area contributed by atoms with Gasteiger partial charge in [-0.2, -0.15) is 0 Å². The molecule has 0 saturated heterocycles. The normalized spacial score (nSPS) is 16.6. The van der Waals surface area contributed by atoms with Crippen molar-refractivity contribution in [2.24, 2.45) is 5.92 Å². The Balaban J connectivity index is 6.14. The maximum Gasteiger partial charge on any atom is 0.343 e. The SMILES string of the molecule is CCOC(=O)C(CC)(C(CC)C(C)=CC(=O)OC)P(=O)(O)O. The van der Waals surface area contributed by atoms with Gasteiger partial charge in [0.25, 0.3) is 0 Å². The minimum Gasteiger partial charge on any atom is -0.466 e. The van der Waals surface area contributed by atoms with Crippen molar-refractivity contribution in [3.05, 3.63) is 11.6 Å². The molecular formula is C14H25O7P. The van der Waals surface area contributed by atoms with Crippen LogP contribution in [0.5, 0.6) is 0 Å². The summed E-state index contributed by atoms with van der Waals surface area (Å²) in [7, 11) is -3.64. The second-order valence-electron chi connectivity index (χ2n) is 4.91. The van der Waals surface area contributed by atoms with Crippen LogP contribution in [0.2, 0.25) is 0 Å². The molecule has 2 atom stereocenters. The third-order valence-corrected chi connectivity index (χ3v) is 5.62. The average Bonchev–Trinajstić information content (AvgIpc) is 2.42. The fraction of sp³-hybridized carbons (Fsp3) is 0.714. The molecular weight excluding hydrogens is 311 g/mol. The lowest BCUT2D eigenvalue weighted by atomic mass is 9.81. The number of allylic oxidation sites excluding steroid dienone is 1. The highest BCUT2D eigenvalue weighted by molar-refractivity contribution is 7.54. The number of hydrogen-bond donors (Lipinski definition) is 2. The molecule has 7 nitrogen and oxygen atoms in total. The first-order chi connectivity index (χ1) is 10.1. The Kier molecular flexibility index (Phi) is 8.01. The van der Waals surface area contributed by atoms with Gasteiger partial charge in [-0.25, -0.2) is 4.79 Å². The van der Waals surface area contributed by atoms with Crippen molar-refractivity contribution in [3.63, 3.8) is 0 Å². The first-order valence-corrected chi connectivity index (χ1v) is 8.72. The Bertz CT molecular complexity index is 480. The lowest BCUT2D eigenvalue weighted by molar-refractivity contribution is -0.148. The molecule has 0 aromatic rings. The summed E-state index contributed by atoms with van der Waals surface area (Å²) in [6.45, 7) is 6.33. The molecule has 128 valence electrons. The van der Waals surface area contributed by atoms with Crippen molar-refractivity contribution < 1.29 is 33.4 Å². The summed E-state index contributed by atoms with van der Waals surface area (Å²) >= 11 is 0. The lowest BCUT2D eigenvalue weighted by Crippen LogP contribution is -2.47. The molecule has 0 aromatic heterocycles. The van der Waals surface area contributed by atoms with E-state index < -0.39 is 30.6 Å². The molecule has 0 bridgehead atoms. The zero-order valence-electron chi connectivity index (χ0n) is 13.7. The van der Waals surface area contributed by atoms with Crippen molar-refractivity contribution in [1.29, 1.82) is 0 Å². The summed E-state index contributed by atoms with van der Waals surface area (Å²) in [5.74, 6) is -2.43. The number of carbonyl (C=O) groups excluding carboxylic acids is 2. The monoisotopic (exact) mass is 336 g/mol. The number of carbonyl (C=O) groups is 2. The second kappa shape index (κ2) is 8.46. The molecule has 0 aliphatic carbocycles. The van der Waals surface area contributed by atoms with E-state index in [0.717, 1.165) is 6.08 Å². The molecule has 22 heavy (non-hydrogen) atoms. The zero-order valence-corrected chi connectivity index (χ0v) is 14.6. The maximum absolute atomic E-state index is 12.3. The van der Waals surface area contributed by atoms with Gasteiger partial charge >= 0.3 is 19.5 Å². The van der Waals surface area contributed by atoms with E-state index in [1.54, 1.807) is 20.8 Å². The minimum atomic E-state index is -4.84. The standard InChI is InChI=1S/C14H25O7P/c1-6-11(10(4)9-12(15)20-5)14(7-2,22(17,18)19)13(16)21-8-3/h9,11H,6-8H2,1-5H3,(H2,17,18,19). The van der Waals surface area contributed by atoms with Gasteiger partial charge in [-0.15, -0.1) is 0 Å². The van der Waals surface area contributed by atoms with Crippen LogP contribution in [0.1, 0.15) is 40.5 Å². The average molecular weight is 336 g/mol. The first-order valence-electron chi connectivity index (χ1n) is 7.11. The molecule has 2 unspecified atom stereocenters. The van der Waals surface area contributed by atoms with Gasteiger partial charge in [0.2, 0.25) is 0 Å². The van der Waals surface area contributed by atoms with Crippen molar-refractivity contribution in [3.8, 4) is 0 Å². The lowest BCUT2D eigenvalue weighted by Gasteiger charge is -2.38. The molecule has 0 heterocycles. The summed E-state index contributed by atoms with van der Waals surface area (Å²) in [4.78, 5) is 43.4. The van der Waals surface area contributed by atoms with Gasteiger partial charge in [-0.1, -0.05) is 19.4 Å². The summed E-state index contributed by atoms with van der Waals surface area (Å²) in [5, 5.41) is -2.01. The van der Waals surface area contributed by atoms with Gasteiger partial charge < -0.3 is 19.3 Å². The molecule has 8 heteroatoms. The molecule has 0 saturated carbocycles. The smallest absolute Gasteiger partial charge is 0.343 e. The van der Waals surface area contributed by atoms with Crippen molar-refractivity contribution in [1.82, 2.24) is 0 Å². The molecule has 2 N–H and O–H groups in total. The molecule has 0 aliphatic rings. The maximum atomic E-state index is 12.3. The number of hydrogen-bond acceptors (Lipinski definition) is 5. The Hall–Kier alpha value is -1.17. The van der Waals surface area contributed by atoms with Gasteiger partial charge in [0.15, 0.2) is 5.16 Å². The predicted octanol–water partition coefficient (Wildman–Crippen LogP) is 2.02. The van der Waals surface area contributed by atoms with Crippen LogP contribution in [0.15, 0.2) is 11.6 Å². The van der Waals surface area contributed by atoms with Crippen LogP contribution in [-0.2, 0) is 23.6 Å². The van der Waals surface area contributed by atoms with Gasteiger partial charge in [0, 0.05) is 12.0 Å². The fourth-order valence-electron chi connectivity index (χ4n) is 2.70. The van der Waals surface area contributed by atoms with Crippen LogP contribution in [0.25, 0.3) is 0 Å². The van der Waals surface area contributed by atoms with Crippen LogP contribution in [0.4, 0.5) is 0 Å². The van der Waals surface area contributed by atoms with Crippen LogP contribution in [-0.4, -0.2) is 40.6 Å². The van der Waals surface area contributed by atoms with E-state index >= 15 is 0 Å². The summed E-state index contributed by atoms with van der Waals surface area (Å²) in [5.41, 5.74) is 0.368. The third-order valence-electron chi connectivity index (χ3n) is 3.77. The Labute approximate surface area is 130 Å². The molecule has 0 rings (SSSR count). The van der Waals surface area contributed by atoms with E-state index in [-0.39, 0.29) is 19.4 Å². The zero-order chi connectivity index (χ0) is 17.6. The van der Waals surface area contributed by atoms with Gasteiger partial charge in [0.05, 0.1) is 13.7 Å². The van der Waals surface area contributed by atoms with E-state index in [4.69, 9.17) is 4.74 Å². The van der Waals surface area contributed by atoms with Crippen LogP contribution >= 0.6 is 7.60 Å². The minimum absolute atomic E-state index is 0.0107. The largest absolute Gasteiger partial charge is 0.466 e. The summed E-state index contributed by atoms with van der Waals surface area (Å²) < 4.78 is 21.6. The quantitative estimate of drug-likeness (QED) is 0.396. The van der Waals surface area contributed by atoms with E-state index in [2.05, 4.69) is 4.74 Å². The summed E-state index contributed by atoms with van der Waals surface area (Å²) in [6, 6.07) is 0. The second-order valence-corrected chi connectivity index (χ2v) is 6.80. The van der Waals surface area contributed by atoms with E-state index in [1.807, 2.05) is 0 Å². The van der Waals surface area contributed by atoms with Crippen LogP contribution in [0.3, 0.4) is 0 Å². The fourth-order valence-corrected chi connectivity index (χ4v) is 4.21.